The Hall–Kier alpha value is -0.0800. The summed E-state index contributed by atoms with van der Waals surface area (Å²) >= 11 is 3.46. The van der Waals surface area contributed by atoms with Gasteiger partial charge in [-0.3, -0.25) is 0 Å². The van der Waals surface area contributed by atoms with Crippen molar-refractivity contribution in [3.05, 3.63) is 22.7 Å². The molecule has 2 heteroatoms. The first-order chi connectivity index (χ1) is 5.25. The van der Waals surface area contributed by atoms with Gasteiger partial charge in [-0.1, -0.05) is 22.0 Å². The van der Waals surface area contributed by atoms with E-state index in [4.69, 9.17) is 0 Å². The Morgan fingerprint density at radius 2 is 2.36 bits per heavy atom. The van der Waals surface area contributed by atoms with Gasteiger partial charge in [0, 0.05) is 0 Å². The van der Waals surface area contributed by atoms with Crippen LogP contribution in [0.2, 0.25) is 0 Å². The molecule has 0 radical (unpaired) electrons. The maximum Gasteiger partial charge on any atom is 0.0795 e. The molecule has 1 aliphatic carbocycles. The van der Waals surface area contributed by atoms with Gasteiger partial charge in [0.25, 0.3) is 0 Å². The number of halogens is 1. The zero-order chi connectivity index (χ0) is 8.27. The van der Waals surface area contributed by atoms with Crippen molar-refractivity contribution in [3.8, 4) is 0 Å². The zero-order valence-electron chi connectivity index (χ0n) is 6.52. The third-order valence-corrected chi connectivity index (χ3v) is 2.89. The highest BCUT2D eigenvalue weighted by Gasteiger charge is 2.17. The molecule has 0 aromatic carbocycles. The molecule has 0 amide bonds. The van der Waals surface area contributed by atoms with E-state index in [0.29, 0.717) is 6.42 Å². The fourth-order valence-corrected chi connectivity index (χ4v) is 2.12. The van der Waals surface area contributed by atoms with Crippen LogP contribution in [0.1, 0.15) is 25.7 Å². The molecule has 0 saturated heterocycles. The predicted molar refractivity (Wildman–Crippen MR) is 50.6 cm³/mol. The van der Waals surface area contributed by atoms with Gasteiger partial charge in [0.15, 0.2) is 0 Å². The van der Waals surface area contributed by atoms with Crippen molar-refractivity contribution in [2.45, 2.75) is 31.8 Å². The van der Waals surface area contributed by atoms with Gasteiger partial charge in [0.1, 0.15) is 0 Å². The summed E-state index contributed by atoms with van der Waals surface area (Å²) in [5.41, 5.74) is 1.17. The quantitative estimate of drug-likeness (QED) is 0.720. The number of hydrogen-bond acceptors (Lipinski definition) is 1. The summed E-state index contributed by atoms with van der Waals surface area (Å²) in [5.74, 6) is 0. The number of aliphatic hydroxyl groups excluding tert-OH is 1. The fraction of sp³-hybridized carbons (Fsp3) is 0.556. The lowest BCUT2D eigenvalue weighted by atomic mass is 10.1. The fourth-order valence-electron chi connectivity index (χ4n) is 1.38. The highest BCUT2D eigenvalue weighted by Crippen LogP contribution is 2.33. The molecule has 0 spiro atoms. The van der Waals surface area contributed by atoms with Gasteiger partial charge in [-0.05, 0) is 35.7 Å². The highest BCUT2D eigenvalue weighted by atomic mass is 79.9. The minimum Gasteiger partial charge on any atom is -0.388 e. The summed E-state index contributed by atoms with van der Waals surface area (Å²) in [5, 5.41) is 9.56. The molecule has 0 aromatic rings. The second-order valence-electron chi connectivity index (χ2n) is 2.82. The van der Waals surface area contributed by atoms with E-state index in [0.717, 1.165) is 12.8 Å². The van der Waals surface area contributed by atoms with Gasteiger partial charge in [0.2, 0.25) is 0 Å². The van der Waals surface area contributed by atoms with E-state index in [1.165, 1.54) is 16.5 Å². The van der Waals surface area contributed by atoms with E-state index in [9.17, 15) is 5.11 Å². The minimum absolute atomic E-state index is 0.302. The SMILES string of the molecule is C=CCC(O)C1=C(Br)CCC1. The molecule has 0 bridgehead atoms. The lowest BCUT2D eigenvalue weighted by Gasteiger charge is -2.09. The zero-order valence-corrected chi connectivity index (χ0v) is 8.10. The second kappa shape index (κ2) is 4.07. The summed E-state index contributed by atoms with van der Waals surface area (Å²) in [6, 6.07) is 0. The molecule has 62 valence electrons. The number of rotatable bonds is 3. The van der Waals surface area contributed by atoms with Crippen molar-refractivity contribution in [3.63, 3.8) is 0 Å². The summed E-state index contributed by atoms with van der Waals surface area (Å²) < 4.78 is 1.20. The van der Waals surface area contributed by atoms with Crippen LogP contribution in [0.5, 0.6) is 0 Å². The first-order valence-electron chi connectivity index (χ1n) is 3.92. The molecule has 0 heterocycles. The highest BCUT2D eigenvalue weighted by molar-refractivity contribution is 9.11. The maximum atomic E-state index is 9.56. The second-order valence-corrected chi connectivity index (χ2v) is 3.78. The number of hydrogen-bond donors (Lipinski definition) is 1. The van der Waals surface area contributed by atoms with Crippen molar-refractivity contribution in [2.75, 3.05) is 0 Å². The van der Waals surface area contributed by atoms with E-state index in [1.807, 2.05) is 0 Å². The van der Waals surface area contributed by atoms with Crippen molar-refractivity contribution in [1.82, 2.24) is 0 Å². The van der Waals surface area contributed by atoms with Crippen LogP contribution in [0.3, 0.4) is 0 Å². The first-order valence-corrected chi connectivity index (χ1v) is 4.71. The third-order valence-electron chi connectivity index (χ3n) is 1.98. The lowest BCUT2D eigenvalue weighted by Crippen LogP contribution is -2.07. The van der Waals surface area contributed by atoms with E-state index in [2.05, 4.69) is 22.5 Å². The van der Waals surface area contributed by atoms with E-state index in [1.54, 1.807) is 6.08 Å². The Morgan fingerprint density at radius 1 is 1.64 bits per heavy atom. The van der Waals surface area contributed by atoms with Crippen molar-refractivity contribution in [1.29, 1.82) is 0 Å². The van der Waals surface area contributed by atoms with Gasteiger partial charge < -0.3 is 5.11 Å². The van der Waals surface area contributed by atoms with E-state index < -0.39 is 0 Å². The number of allylic oxidation sites excluding steroid dienone is 1. The average Bonchev–Trinajstić information content (AvgIpc) is 2.36. The molecule has 1 rings (SSSR count). The van der Waals surface area contributed by atoms with Crippen LogP contribution in [0.4, 0.5) is 0 Å². The van der Waals surface area contributed by atoms with Crippen molar-refractivity contribution >= 4 is 15.9 Å². The maximum absolute atomic E-state index is 9.56. The molecular formula is C9H13BrO. The Kier molecular flexibility index (Phi) is 3.34. The van der Waals surface area contributed by atoms with Crippen LogP contribution in [-0.4, -0.2) is 11.2 Å². The lowest BCUT2D eigenvalue weighted by molar-refractivity contribution is 0.211. The average molecular weight is 217 g/mol. The van der Waals surface area contributed by atoms with Crippen LogP contribution < -0.4 is 0 Å². The molecule has 1 unspecified atom stereocenters. The Balaban J connectivity index is 2.57. The van der Waals surface area contributed by atoms with Crippen LogP contribution in [-0.2, 0) is 0 Å². The molecule has 1 nitrogen and oxygen atoms in total. The topological polar surface area (TPSA) is 20.2 Å². The summed E-state index contributed by atoms with van der Waals surface area (Å²) in [4.78, 5) is 0. The molecule has 0 aromatic heterocycles. The Morgan fingerprint density at radius 3 is 2.82 bits per heavy atom. The minimum atomic E-state index is -0.302. The summed E-state index contributed by atoms with van der Waals surface area (Å²) in [7, 11) is 0. The smallest absolute Gasteiger partial charge is 0.0795 e. The van der Waals surface area contributed by atoms with Crippen molar-refractivity contribution < 1.29 is 5.11 Å². The predicted octanol–water partition coefficient (Wildman–Crippen LogP) is 2.76. The molecule has 0 aliphatic heterocycles. The third kappa shape index (κ3) is 2.17. The van der Waals surface area contributed by atoms with Gasteiger partial charge in [-0.25, -0.2) is 0 Å². The Bertz CT molecular complexity index is 184. The van der Waals surface area contributed by atoms with Gasteiger partial charge in [-0.2, -0.15) is 0 Å². The molecule has 1 N–H and O–H groups in total. The normalized spacial score (nSPS) is 20.5. The van der Waals surface area contributed by atoms with Gasteiger partial charge in [-0.15, -0.1) is 6.58 Å². The largest absolute Gasteiger partial charge is 0.388 e. The standard InChI is InChI=1S/C9H13BrO/c1-2-4-9(11)7-5-3-6-8(7)10/h2,9,11H,1,3-6H2. The monoisotopic (exact) mass is 216 g/mol. The van der Waals surface area contributed by atoms with Gasteiger partial charge >= 0.3 is 0 Å². The molecule has 0 saturated carbocycles. The summed E-state index contributed by atoms with van der Waals surface area (Å²) in [6.07, 6.45) is 5.42. The van der Waals surface area contributed by atoms with Gasteiger partial charge in [0.05, 0.1) is 6.10 Å². The Labute approximate surface area is 75.9 Å². The van der Waals surface area contributed by atoms with Crippen LogP contribution in [0.15, 0.2) is 22.7 Å². The number of aliphatic hydroxyl groups is 1. The molecule has 1 atom stereocenters. The molecular weight excluding hydrogens is 204 g/mol. The molecule has 0 fully saturated rings. The first kappa shape index (κ1) is 9.01. The van der Waals surface area contributed by atoms with Crippen LogP contribution in [0, 0.1) is 0 Å². The molecule has 11 heavy (non-hydrogen) atoms. The van der Waals surface area contributed by atoms with Crippen molar-refractivity contribution in [2.24, 2.45) is 0 Å². The summed E-state index contributed by atoms with van der Waals surface area (Å²) in [6.45, 7) is 3.60. The van der Waals surface area contributed by atoms with Crippen LogP contribution in [0.25, 0.3) is 0 Å². The molecule has 1 aliphatic rings. The van der Waals surface area contributed by atoms with Crippen LogP contribution >= 0.6 is 15.9 Å². The van der Waals surface area contributed by atoms with E-state index >= 15 is 0 Å². The van der Waals surface area contributed by atoms with E-state index in [-0.39, 0.29) is 6.10 Å².